The van der Waals surface area contributed by atoms with Gasteiger partial charge >= 0.3 is 11.9 Å². The Morgan fingerprint density at radius 2 is 0.754 bits per heavy atom. The highest BCUT2D eigenvalue weighted by Crippen LogP contribution is 2.15. The maximum absolute atomic E-state index is 12.2. The van der Waals surface area contributed by atoms with Crippen molar-refractivity contribution in [3.8, 4) is 0 Å². The number of rotatable bonds is 43. The van der Waals surface area contributed by atoms with Crippen LogP contribution in [-0.4, -0.2) is 36.4 Å². The van der Waals surface area contributed by atoms with Crippen LogP contribution in [0.3, 0.4) is 0 Å². The number of hydrogen-bond donors (Lipinski definition) is 1. The third-order valence-corrected chi connectivity index (χ3v) is 10.3. The Morgan fingerprint density at radius 3 is 1.14 bits per heavy atom. The van der Waals surface area contributed by atoms with E-state index in [0.717, 1.165) is 77.0 Å². The summed E-state index contributed by atoms with van der Waals surface area (Å²) in [6.45, 7) is 4.01. The topological polar surface area (TPSA) is 72.8 Å². The molecule has 0 aromatic carbocycles. The molecule has 0 amide bonds. The maximum atomic E-state index is 12.2. The zero-order chi connectivity index (χ0) is 41.4. The lowest BCUT2D eigenvalue weighted by Crippen LogP contribution is -2.28. The highest BCUT2D eigenvalue weighted by molar-refractivity contribution is 5.70. The highest BCUT2D eigenvalue weighted by Gasteiger charge is 2.16. The molecule has 0 heterocycles. The summed E-state index contributed by atoms with van der Waals surface area (Å²) >= 11 is 0. The normalized spacial score (nSPS) is 12.8. The zero-order valence-electron chi connectivity index (χ0n) is 37.3. The van der Waals surface area contributed by atoms with Gasteiger partial charge < -0.3 is 14.6 Å². The molecule has 5 nitrogen and oxygen atoms in total. The Morgan fingerprint density at radius 1 is 0.421 bits per heavy atom. The van der Waals surface area contributed by atoms with Crippen molar-refractivity contribution in [2.75, 3.05) is 13.2 Å². The van der Waals surface area contributed by atoms with Crippen LogP contribution in [0.25, 0.3) is 0 Å². The van der Waals surface area contributed by atoms with E-state index in [4.69, 9.17) is 9.47 Å². The number of hydrogen-bond acceptors (Lipinski definition) is 5. The zero-order valence-corrected chi connectivity index (χ0v) is 37.3. The third kappa shape index (κ3) is 45.9. The van der Waals surface area contributed by atoms with E-state index < -0.39 is 6.10 Å². The summed E-state index contributed by atoms with van der Waals surface area (Å²) in [7, 11) is 0. The van der Waals surface area contributed by atoms with Gasteiger partial charge in [0.25, 0.3) is 0 Å². The molecule has 1 atom stereocenters. The summed E-state index contributed by atoms with van der Waals surface area (Å²) in [6, 6.07) is 0. The van der Waals surface area contributed by atoms with Crippen molar-refractivity contribution in [3.05, 3.63) is 72.9 Å². The van der Waals surface area contributed by atoms with Crippen molar-refractivity contribution in [1.82, 2.24) is 0 Å². The van der Waals surface area contributed by atoms with E-state index in [1.54, 1.807) is 0 Å². The molecule has 0 spiro atoms. The Balaban J connectivity index is 3.49. The molecular weight excluding hydrogens is 705 g/mol. The summed E-state index contributed by atoms with van der Waals surface area (Å²) in [4.78, 5) is 24.3. The Bertz CT molecular complexity index is 1040. The standard InChI is InChI=1S/C52H90O5/c1-3-5-7-9-11-13-15-16-17-18-19-20-21-22-23-24-25-26-27-28-29-30-31-32-33-34-35-36-37-39-41-43-45-47-52(55)57-50(48-53)49-56-51(54)46-44-42-40-38-14-12-10-8-6-4-2/h5,7,11,13,16-17,19-20,22-23,25-26,50,53H,3-4,6,8-10,12,14-15,18,21,24,27-49H2,1-2H3/b7-5-,13-11-,17-16-,20-19-,23-22-,26-25-. The van der Waals surface area contributed by atoms with E-state index in [-0.39, 0.29) is 25.2 Å². The average molecular weight is 795 g/mol. The van der Waals surface area contributed by atoms with Crippen molar-refractivity contribution in [2.45, 2.75) is 232 Å². The smallest absolute Gasteiger partial charge is 0.306 e. The number of allylic oxidation sites excluding steroid dienone is 12. The second-order valence-corrected chi connectivity index (χ2v) is 15.8. The number of carbonyl (C=O) groups excluding carboxylic acids is 2. The predicted molar refractivity (Wildman–Crippen MR) is 246 cm³/mol. The Kier molecular flexibility index (Phi) is 45.5. The van der Waals surface area contributed by atoms with Gasteiger partial charge in [0.1, 0.15) is 6.61 Å². The van der Waals surface area contributed by atoms with Gasteiger partial charge in [-0.25, -0.2) is 0 Å². The van der Waals surface area contributed by atoms with Crippen LogP contribution in [0.4, 0.5) is 0 Å². The van der Waals surface area contributed by atoms with Gasteiger partial charge in [-0.05, 0) is 64.2 Å². The number of esters is 2. The first-order valence-corrected chi connectivity index (χ1v) is 24.0. The van der Waals surface area contributed by atoms with Crippen molar-refractivity contribution >= 4 is 11.9 Å². The molecule has 0 radical (unpaired) electrons. The van der Waals surface area contributed by atoms with E-state index in [2.05, 4.69) is 86.8 Å². The monoisotopic (exact) mass is 795 g/mol. The average Bonchev–Trinajstić information content (AvgIpc) is 3.21. The number of carbonyl (C=O) groups is 2. The van der Waals surface area contributed by atoms with Crippen LogP contribution in [0.1, 0.15) is 226 Å². The predicted octanol–water partition coefficient (Wildman–Crippen LogP) is 15.7. The summed E-state index contributed by atoms with van der Waals surface area (Å²) in [6.07, 6.45) is 64.3. The number of aliphatic hydroxyl groups excluding tert-OH is 1. The van der Waals surface area contributed by atoms with E-state index >= 15 is 0 Å². The summed E-state index contributed by atoms with van der Waals surface area (Å²) in [5.74, 6) is -0.590. The maximum Gasteiger partial charge on any atom is 0.306 e. The van der Waals surface area contributed by atoms with Gasteiger partial charge in [0, 0.05) is 12.8 Å². The minimum absolute atomic E-state index is 0.0649. The molecule has 5 heteroatoms. The molecule has 1 unspecified atom stereocenters. The molecule has 0 fully saturated rings. The van der Waals surface area contributed by atoms with Gasteiger partial charge in [-0.1, -0.05) is 222 Å². The molecule has 328 valence electrons. The summed E-state index contributed by atoms with van der Waals surface area (Å²) in [5, 5.41) is 9.57. The number of unbranched alkanes of at least 4 members (excludes halogenated alkanes) is 23. The van der Waals surface area contributed by atoms with Crippen LogP contribution in [0.5, 0.6) is 0 Å². The second-order valence-electron chi connectivity index (χ2n) is 15.8. The van der Waals surface area contributed by atoms with Crippen LogP contribution in [0.15, 0.2) is 72.9 Å². The minimum atomic E-state index is -0.770. The molecule has 0 rings (SSSR count). The third-order valence-electron chi connectivity index (χ3n) is 10.3. The van der Waals surface area contributed by atoms with Crippen LogP contribution in [-0.2, 0) is 19.1 Å². The lowest BCUT2D eigenvalue weighted by atomic mass is 10.0. The van der Waals surface area contributed by atoms with Gasteiger partial charge in [-0.2, -0.15) is 0 Å². The first kappa shape index (κ1) is 54.3. The van der Waals surface area contributed by atoms with Gasteiger partial charge in [0.05, 0.1) is 6.61 Å². The van der Waals surface area contributed by atoms with Gasteiger partial charge in [-0.3, -0.25) is 9.59 Å². The van der Waals surface area contributed by atoms with Gasteiger partial charge in [0.2, 0.25) is 0 Å². The molecule has 0 saturated heterocycles. The molecular formula is C52H90O5. The lowest BCUT2D eigenvalue weighted by molar-refractivity contribution is -0.161. The van der Waals surface area contributed by atoms with E-state index in [9.17, 15) is 14.7 Å². The fraction of sp³-hybridized carbons (Fsp3) is 0.731. The lowest BCUT2D eigenvalue weighted by Gasteiger charge is -2.15. The first-order chi connectivity index (χ1) is 28.1. The number of aliphatic hydroxyl groups is 1. The van der Waals surface area contributed by atoms with Crippen LogP contribution in [0.2, 0.25) is 0 Å². The van der Waals surface area contributed by atoms with Gasteiger partial charge in [-0.15, -0.1) is 0 Å². The van der Waals surface area contributed by atoms with Crippen LogP contribution in [0, 0.1) is 0 Å². The fourth-order valence-corrected chi connectivity index (χ4v) is 6.68. The molecule has 0 saturated carbocycles. The largest absolute Gasteiger partial charge is 0.462 e. The van der Waals surface area contributed by atoms with Gasteiger partial charge in [0.15, 0.2) is 6.10 Å². The van der Waals surface area contributed by atoms with Crippen molar-refractivity contribution in [2.24, 2.45) is 0 Å². The highest BCUT2D eigenvalue weighted by atomic mass is 16.6. The van der Waals surface area contributed by atoms with E-state index in [1.165, 1.54) is 122 Å². The molecule has 0 aliphatic heterocycles. The fourth-order valence-electron chi connectivity index (χ4n) is 6.68. The summed E-state index contributed by atoms with van der Waals surface area (Å²) < 4.78 is 10.6. The molecule has 0 bridgehead atoms. The summed E-state index contributed by atoms with van der Waals surface area (Å²) in [5.41, 5.74) is 0. The molecule has 0 aromatic heterocycles. The SMILES string of the molecule is CC/C=C\C/C=C\C/C=C\C/C=C\C/C=C\C/C=C\CCCCCCCCCCCCCCCCC(=O)OC(CO)COC(=O)CCCCCCCCCCCC. The molecule has 0 aromatic rings. The second kappa shape index (κ2) is 47.7. The molecule has 1 N–H and O–H groups in total. The Hall–Kier alpha value is -2.66. The Labute approximate surface area is 353 Å². The van der Waals surface area contributed by atoms with E-state index in [1.807, 2.05) is 0 Å². The molecule has 0 aliphatic rings. The first-order valence-electron chi connectivity index (χ1n) is 24.0. The number of ether oxygens (including phenoxy) is 2. The quantitative estimate of drug-likeness (QED) is 0.0378. The van der Waals surface area contributed by atoms with E-state index in [0.29, 0.717) is 12.8 Å². The van der Waals surface area contributed by atoms with Crippen molar-refractivity contribution in [1.29, 1.82) is 0 Å². The van der Waals surface area contributed by atoms with Crippen LogP contribution < -0.4 is 0 Å². The minimum Gasteiger partial charge on any atom is -0.462 e. The molecule has 0 aliphatic carbocycles. The van der Waals surface area contributed by atoms with Crippen molar-refractivity contribution < 1.29 is 24.2 Å². The van der Waals surface area contributed by atoms with Crippen LogP contribution >= 0.6 is 0 Å². The molecule has 57 heavy (non-hydrogen) atoms. The van der Waals surface area contributed by atoms with Crippen molar-refractivity contribution in [3.63, 3.8) is 0 Å².